The van der Waals surface area contributed by atoms with Gasteiger partial charge in [-0.2, -0.15) is 5.10 Å². The maximum atomic E-state index is 9.94. The second-order valence-corrected chi connectivity index (χ2v) is 2.71. The van der Waals surface area contributed by atoms with Crippen LogP contribution in [-0.2, 0) is 4.79 Å². The monoisotopic (exact) mass is 154 g/mol. The summed E-state index contributed by atoms with van der Waals surface area (Å²) in [6.45, 7) is 2.10. The molecule has 0 amide bonds. The largest absolute Gasteiger partial charge is 0.303 e. The molecule has 0 N–H and O–H groups in total. The Morgan fingerprint density at radius 1 is 1.27 bits per heavy atom. The zero-order valence-corrected chi connectivity index (χ0v) is 6.70. The number of carbonyl (C=O) groups is 1. The van der Waals surface area contributed by atoms with Gasteiger partial charge in [0.25, 0.3) is 0 Å². The molecule has 0 saturated carbocycles. The Kier molecular flexibility index (Phi) is 3.65. The van der Waals surface area contributed by atoms with Crippen molar-refractivity contribution in [1.29, 1.82) is 0 Å². The molecular formula is C8H14N2O. The fourth-order valence-corrected chi connectivity index (χ4v) is 1.20. The highest BCUT2D eigenvalue weighted by molar-refractivity contribution is 5.75. The van der Waals surface area contributed by atoms with Crippen LogP contribution in [-0.4, -0.2) is 30.6 Å². The molecular weight excluding hydrogens is 140 g/mol. The van der Waals surface area contributed by atoms with E-state index in [2.05, 4.69) is 5.10 Å². The van der Waals surface area contributed by atoms with Crippen LogP contribution < -0.4 is 0 Å². The predicted molar refractivity (Wildman–Crippen MR) is 44.6 cm³/mol. The molecule has 1 heterocycles. The summed E-state index contributed by atoms with van der Waals surface area (Å²) >= 11 is 0. The van der Waals surface area contributed by atoms with Crippen molar-refractivity contribution in [3.8, 4) is 0 Å². The lowest BCUT2D eigenvalue weighted by Crippen LogP contribution is -2.24. The van der Waals surface area contributed by atoms with Gasteiger partial charge in [0.1, 0.15) is 6.29 Å². The van der Waals surface area contributed by atoms with E-state index in [1.54, 1.807) is 6.21 Å². The first-order valence-electron chi connectivity index (χ1n) is 4.14. The summed E-state index contributed by atoms with van der Waals surface area (Å²) in [4.78, 5) is 9.94. The predicted octanol–water partition coefficient (Wildman–Crippen LogP) is 1.05. The quantitative estimate of drug-likeness (QED) is 0.449. The number of piperidine rings is 1. The van der Waals surface area contributed by atoms with E-state index in [9.17, 15) is 4.79 Å². The van der Waals surface area contributed by atoms with Gasteiger partial charge in [0, 0.05) is 25.7 Å². The SMILES string of the molecule is O=CC/C=N/N1CCCCC1. The lowest BCUT2D eigenvalue weighted by Gasteiger charge is -2.22. The van der Waals surface area contributed by atoms with Gasteiger partial charge in [-0.25, -0.2) is 0 Å². The molecule has 3 heteroatoms. The standard InChI is InChI=1S/C8H14N2O/c11-8-4-5-9-10-6-2-1-3-7-10/h5,8H,1-4,6-7H2/b9-5+. The third-order valence-electron chi connectivity index (χ3n) is 1.78. The molecule has 1 aliphatic rings. The Labute approximate surface area is 67.1 Å². The average Bonchev–Trinajstić information content (AvgIpc) is 2.07. The molecule has 0 aliphatic carbocycles. The van der Waals surface area contributed by atoms with Gasteiger partial charge in [-0.1, -0.05) is 0 Å². The van der Waals surface area contributed by atoms with Crippen LogP contribution in [0.2, 0.25) is 0 Å². The van der Waals surface area contributed by atoms with Gasteiger partial charge in [-0.15, -0.1) is 0 Å². The van der Waals surface area contributed by atoms with E-state index in [1.165, 1.54) is 19.3 Å². The van der Waals surface area contributed by atoms with Crippen LogP contribution in [0.3, 0.4) is 0 Å². The minimum absolute atomic E-state index is 0.441. The fraction of sp³-hybridized carbons (Fsp3) is 0.750. The maximum Gasteiger partial charge on any atom is 0.125 e. The molecule has 3 nitrogen and oxygen atoms in total. The Balaban J connectivity index is 2.18. The molecule has 0 aromatic rings. The van der Waals surface area contributed by atoms with E-state index >= 15 is 0 Å². The summed E-state index contributed by atoms with van der Waals surface area (Å²) in [5.41, 5.74) is 0. The third-order valence-corrected chi connectivity index (χ3v) is 1.78. The first-order chi connectivity index (χ1) is 5.43. The third kappa shape index (κ3) is 3.16. The van der Waals surface area contributed by atoms with Gasteiger partial charge in [0.05, 0.1) is 0 Å². The molecule has 1 rings (SSSR count). The van der Waals surface area contributed by atoms with Crippen molar-refractivity contribution in [1.82, 2.24) is 5.01 Å². The molecule has 0 radical (unpaired) electrons. The molecule has 11 heavy (non-hydrogen) atoms. The number of hydrogen-bond donors (Lipinski definition) is 0. The van der Waals surface area contributed by atoms with Gasteiger partial charge < -0.3 is 4.79 Å². The van der Waals surface area contributed by atoms with Gasteiger partial charge in [0.15, 0.2) is 0 Å². The maximum absolute atomic E-state index is 9.94. The van der Waals surface area contributed by atoms with Crippen LogP contribution in [0.1, 0.15) is 25.7 Å². The Hall–Kier alpha value is -0.860. The van der Waals surface area contributed by atoms with Gasteiger partial charge in [0.2, 0.25) is 0 Å². The summed E-state index contributed by atoms with van der Waals surface area (Å²) in [6.07, 6.45) is 6.78. The lowest BCUT2D eigenvalue weighted by atomic mass is 10.2. The summed E-state index contributed by atoms with van der Waals surface area (Å²) in [7, 11) is 0. The second kappa shape index (κ2) is 4.88. The van der Waals surface area contributed by atoms with E-state index in [0.717, 1.165) is 19.4 Å². The molecule has 0 atom stereocenters. The Bertz CT molecular complexity index is 139. The zero-order valence-electron chi connectivity index (χ0n) is 6.70. The van der Waals surface area contributed by atoms with Gasteiger partial charge in [-0.05, 0) is 19.3 Å². The normalized spacial score (nSPS) is 19.1. The fourth-order valence-electron chi connectivity index (χ4n) is 1.20. The van der Waals surface area contributed by atoms with Crippen molar-refractivity contribution in [2.45, 2.75) is 25.7 Å². The van der Waals surface area contributed by atoms with Crippen LogP contribution in [0.5, 0.6) is 0 Å². The number of hydrogen-bond acceptors (Lipinski definition) is 3. The lowest BCUT2D eigenvalue weighted by molar-refractivity contribution is -0.106. The van der Waals surface area contributed by atoms with E-state index < -0.39 is 0 Å². The van der Waals surface area contributed by atoms with Crippen molar-refractivity contribution in [2.75, 3.05) is 13.1 Å². The average molecular weight is 154 g/mol. The number of carbonyl (C=O) groups excluding carboxylic acids is 1. The van der Waals surface area contributed by atoms with Crippen molar-refractivity contribution in [3.63, 3.8) is 0 Å². The molecule has 0 unspecified atom stereocenters. The molecule has 1 saturated heterocycles. The molecule has 1 fully saturated rings. The molecule has 1 aliphatic heterocycles. The first-order valence-corrected chi connectivity index (χ1v) is 4.14. The van der Waals surface area contributed by atoms with Crippen molar-refractivity contribution in [2.24, 2.45) is 5.10 Å². The zero-order chi connectivity index (χ0) is 7.94. The van der Waals surface area contributed by atoms with Crippen LogP contribution in [0.15, 0.2) is 5.10 Å². The smallest absolute Gasteiger partial charge is 0.125 e. The minimum atomic E-state index is 0.441. The van der Waals surface area contributed by atoms with Crippen LogP contribution in [0.25, 0.3) is 0 Å². The highest BCUT2D eigenvalue weighted by Gasteiger charge is 2.05. The molecule has 62 valence electrons. The number of nitrogens with zero attached hydrogens (tertiary/aromatic N) is 2. The summed E-state index contributed by atoms with van der Waals surface area (Å²) in [6, 6.07) is 0. The van der Waals surface area contributed by atoms with E-state index in [4.69, 9.17) is 0 Å². The number of aldehydes is 1. The van der Waals surface area contributed by atoms with Gasteiger partial charge in [-0.3, -0.25) is 5.01 Å². The Morgan fingerprint density at radius 2 is 2.00 bits per heavy atom. The minimum Gasteiger partial charge on any atom is -0.303 e. The summed E-state index contributed by atoms with van der Waals surface area (Å²) in [5, 5.41) is 6.18. The van der Waals surface area contributed by atoms with Crippen LogP contribution in [0.4, 0.5) is 0 Å². The highest BCUT2D eigenvalue weighted by atomic mass is 16.1. The van der Waals surface area contributed by atoms with E-state index in [1.807, 2.05) is 5.01 Å². The molecule has 0 bridgehead atoms. The van der Waals surface area contributed by atoms with Gasteiger partial charge >= 0.3 is 0 Å². The highest BCUT2D eigenvalue weighted by Crippen LogP contribution is 2.07. The van der Waals surface area contributed by atoms with Crippen molar-refractivity contribution >= 4 is 12.5 Å². The van der Waals surface area contributed by atoms with E-state index in [-0.39, 0.29) is 0 Å². The Morgan fingerprint density at radius 3 is 2.64 bits per heavy atom. The topological polar surface area (TPSA) is 32.7 Å². The summed E-state index contributed by atoms with van der Waals surface area (Å²) in [5.74, 6) is 0. The second-order valence-electron chi connectivity index (χ2n) is 2.71. The van der Waals surface area contributed by atoms with E-state index in [0.29, 0.717) is 6.42 Å². The number of hydrazone groups is 1. The summed E-state index contributed by atoms with van der Waals surface area (Å²) < 4.78 is 0. The first kappa shape index (κ1) is 8.24. The molecule has 0 spiro atoms. The van der Waals surface area contributed by atoms with Crippen molar-refractivity contribution < 1.29 is 4.79 Å². The molecule has 0 aromatic carbocycles. The van der Waals surface area contributed by atoms with Crippen LogP contribution in [0, 0.1) is 0 Å². The number of rotatable bonds is 3. The van der Waals surface area contributed by atoms with Crippen LogP contribution >= 0.6 is 0 Å². The molecule has 0 aromatic heterocycles. The van der Waals surface area contributed by atoms with Crippen molar-refractivity contribution in [3.05, 3.63) is 0 Å².